The van der Waals surface area contributed by atoms with Gasteiger partial charge in [-0.25, -0.2) is 8.78 Å². The first-order chi connectivity index (χ1) is 9.18. The Bertz CT molecular complexity index is 628. The number of fused-ring (bicyclic) bond motifs is 1. The van der Waals surface area contributed by atoms with Gasteiger partial charge in [0.1, 0.15) is 6.10 Å². The molecule has 1 heterocycles. The molecule has 0 spiro atoms. The average molecular weight is 261 g/mol. The lowest BCUT2D eigenvalue weighted by molar-refractivity contribution is 0.214. The Balaban J connectivity index is 2.08. The Morgan fingerprint density at radius 2 is 1.79 bits per heavy atom. The average Bonchev–Trinajstić information content (AvgIpc) is 2.89. The highest BCUT2D eigenvalue weighted by Crippen LogP contribution is 2.34. The van der Waals surface area contributed by atoms with Crippen LogP contribution in [0.15, 0.2) is 36.4 Å². The molecule has 0 saturated carbocycles. The zero-order valence-corrected chi connectivity index (χ0v) is 10.2. The molecule has 0 aromatic heterocycles. The molecular formula is C15H13F2NO. The molecule has 2 nitrogen and oxygen atoms in total. The van der Waals surface area contributed by atoms with Gasteiger partial charge < -0.3 is 10.4 Å². The van der Waals surface area contributed by atoms with Crippen LogP contribution in [0.3, 0.4) is 0 Å². The SMILES string of the molecule is OC(c1cccc(F)c1F)c1cccc2c1NCC2. The summed E-state index contributed by atoms with van der Waals surface area (Å²) in [5.41, 5.74) is 2.47. The predicted octanol–water partition coefficient (Wildman–Crippen LogP) is 3.01. The molecule has 98 valence electrons. The standard InChI is InChI=1S/C15H13F2NO/c16-12-6-2-4-10(13(12)17)15(19)11-5-1-3-9-7-8-18-14(9)11/h1-6,15,18-19H,7-8H2. The van der Waals surface area contributed by atoms with Crippen LogP contribution < -0.4 is 5.32 Å². The van der Waals surface area contributed by atoms with Crippen LogP contribution in [0, 0.1) is 11.6 Å². The number of benzene rings is 2. The molecule has 0 amide bonds. The minimum atomic E-state index is -1.17. The molecule has 0 bridgehead atoms. The van der Waals surface area contributed by atoms with Crippen LogP contribution in [0.2, 0.25) is 0 Å². The zero-order valence-electron chi connectivity index (χ0n) is 10.2. The summed E-state index contributed by atoms with van der Waals surface area (Å²) in [6.07, 6.45) is -0.294. The number of anilines is 1. The van der Waals surface area contributed by atoms with Gasteiger partial charge in [0.2, 0.25) is 0 Å². The van der Waals surface area contributed by atoms with Crippen molar-refractivity contribution in [3.8, 4) is 0 Å². The summed E-state index contributed by atoms with van der Waals surface area (Å²) in [4.78, 5) is 0. The van der Waals surface area contributed by atoms with E-state index in [-0.39, 0.29) is 5.56 Å². The lowest BCUT2D eigenvalue weighted by Crippen LogP contribution is -2.07. The predicted molar refractivity (Wildman–Crippen MR) is 69.1 cm³/mol. The fraction of sp³-hybridized carbons (Fsp3) is 0.200. The molecular weight excluding hydrogens is 248 g/mol. The maximum atomic E-state index is 13.7. The van der Waals surface area contributed by atoms with Gasteiger partial charge in [0.25, 0.3) is 0 Å². The van der Waals surface area contributed by atoms with E-state index in [1.54, 1.807) is 6.07 Å². The van der Waals surface area contributed by atoms with E-state index in [9.17, 15) is 13.9 Å². The number of hydrogen-bond acceptors (Lipinski definition) is 2. The largest absolute Gasteiger partial charge is 0.384 e. The van der Waals surface area contributed by atoms with E-state index < -0.39 is 17.7 Å². The second-order valence-corrected chi connectivity index (χ2v) is 4.60. The zero-order chi connectivity index (χ0) is 13.4. The van der Waals surface area contributed by atoms with Gasteiger partial charge in [-0.1, -0.05) is 30.3 Å². The van der Waals surface area contributed by atoms with Crippen LogP contribution in [0.1, 0.15) is 22.8 Å². The molecule has 0 fully saturated rings. The van der Waals surface area contributed by atoms with Gasteiger partial charge in [0.15, 0.2) is 11.6 Å². The van der Waals surface area contributed by atoms with Gasteiger partial charge in [-0.15, -0.1) is 0 Å². The number of hydrogen-bond donors (Lipinski definition) is 2. The molecule has 0 radical (unpaired) electrons. The summed E-state index contributed by atoms with van der Waals surface area (Å²) in [5, 5.41) is 13.5. The minimum Gasteiger partial charge on any atom is -0.384 e. The van der Waals surface area contributed by atoms with Crippen LogP contribution in [0.25, 0.3) is 0 Å². The summed E-state index contributed by atoms with van der Waals surface area (Å²) in [6, 6.07) is 9.35. The van der Waals surface area contributed by atoms with Gasteiger partial charge in [0.05, 0.1) is 0 Å². The third kappa shape index (κ3) is 1.98. The van der Waals surface area contributed by atoms with E-state index in [0.717, 1.165) is 30.3 Å². The summed E-state index contributed by atoms with van der Waals surface area (Å²) >= 11 is 0. The number of aliphatic hydroxyl groups is 1. The maximum absolute atomic E-state index is 13.7. The normalized spacial score (nSPS) is 14.9. The van der Waals surface area contributed by atoms with Crippen LogP contribution >= 0.6 is 0 Å². The Kier molecular flexibility index (Phi) is 2.95. The molecule has 4 heteroatoms. The molecule has 2 N–H and O–H groups in total. The fourth-order valence-corrected chi connectivity index (χ4v) is 2.49. The second-order valence-electron chi connectivity index (χ2n) is 4.60. The highest BCUT2D eigenvalue weighted by atomic mass is 19.2. The van der Waals surface area contributed by atoms with Crippen molar-refractivity contribution in [1.82, 2.24) is 0 Å². The number of nitrogens with one attached hydrogen (secondary N) is 1. The second kappa shape index (κ2) is 4.63. The van der Waals surface area contributed by atoms with Crippen LogP contribution in [-0.2, 0) is 6.42 Å². The lowest BCUT2D eigenvalue weighted by atomic mass is 9.97. The van der Waals surface area contributed by atoms with Crippen LogP contribution in [-0.4, -0.2) is 11.7 Å². The molecule has 2 aromatic rings. The Morgan fingerprint density at radius 3 is 2.63 bits per heavy atom. The number of para-hydroxylation sites is 1. The molecule has 1 atom stereocenters. The third-order valence-corrected chi connectivity index (χ3v) is 3.45. The van der Waals surface area contributed by atoms with Crippen molar-refractivity contribution >= 4 is 5.69 Å². The van der Waals surface area contributed by atoms with Gasteiger partial charge in [-0.3, -0.25) is 0 Å². The van der Waals surface area contributed by atoms with Crippen molar-refractivity contribution < 1.29 is 13.9 Å². The number of rotatable bonds is 2. The van der Waals surface area contributed by atoms with Crippen molar-refractivity contribution in [2.75, 3.05) is 11.9 Å². The Labute approximate surface area is 109 Å². The fourth-order valence-electron chi connectivity index (χ4n) is 2.49. The quantitative estimate of drug-likeness (QED) is 0.871. The smallest absolute Gasteiger partial charge is 0.164 e. The molecule has 1 aliphatic rings. The Hall–Kier alpha value is -1.94. The van der Waals surface area contributed by atoms with Crippen molar-refractivity contribution in [2.45, 2.75) is 12.5 Å². The van der Waals surface area contributed by atoms with E-state index in [1.165, 1.54) is 12.1 Å². The van der Waals surface area contributed by atoms with E-state index in [4.69, 9.17) is 0 Å². The minimum absolute atomic E-state index is 0.0397. The first-order valence-corrected chi connectivity index (χ1v) is 6.16. The molecule has 2 aromatic carbocycles. The van der Waals surface area contributed by atoms with Gasteiger partial charge >= 0.3 is 0 Å². The molecule has 3 rings (SSSR count). The summed E-state index contributed by atoms with van der Waals surface area (Å²) in [7, 11) is 0. The van der Waals surface area contributed by atoms with Crippen molar-refractivity contribution in [3.05, 3.63) is 64.7 Å². The summed E-state index contributed by atoms with van der Waals surface area (Å²) in [6.45, 7) is 0.796. The topological polar surface area (TPSA) is 32.3 Å². The molecule has 19 heavy (non-hydrogen) atoms. The van der Waals surface area contributed by atoms with Crippen LogP contribution in [0.4, 0.5) is 14.5 Å². The van der Waals surface area contributed by atoms with Crippen molar-refractivity contribution in [3.63, 3.8) is 0 Å². The van der Waals surface area contributed by atoms with E-state index in [2.05, 4.69) is 5.32 Å². The van der Waals surface area contributed by atoms with Gasteiger partial charge in [0, 0.05) is 23.4 Å². The number of aliphatic hydroxyl groups excluding tert-OH is 1. The molecule has 0 saturated heterocycles. The molecule has 1 aliphatic heterocycles. The van der Waals surface area contributed by atoms with Gasteiger partial charge in [-0.2, -0.15) is 0 Å². The highest BCUT2D eigenvalue weighted by Gasteiger charge is 2.23. The molecule has 0 aliphatic carbocycles. The molecule has 1 unspecified atom stereocenters. The summed E-state index contributed by atoms with van der Waals surface area (Å²) in [5.74, 6) is -1.94. The monoisotopic (exact) mass is 261 g/mol. The van der Waals surface area contributed by atoms with Crippen LogP contribution in [0.5, 0.6) is 0 Å². The summed E-state index contributed by atoms with van der Waals surface area (Å²) < 4.78 is 27.0. The third-order valence-electron chi connectivity index (χ3n) is 3.45. The van der Waals surface area contributed by atoms with Crippen molar-refractivity contribution in [2.24, 2.45) is 0 Å². The van der Waals surface area contributed by atoms with E-state index in [1.807, 2.05) is 12.1 Å². The highest BCUT2D eigenvalue weighted by molar-refractivity contribution is 5.63. The maximum Gasteiger partial charge on any atom is 0.164 e. The van der Waals surface area contributed by atoms with E-state index in [0.29, 0.717) is 5.56 Å². The Morgan fingerprint density at radius 1 is 1.05 bits per heavy atom. The first kappa shape index (κ1) is 12.1. The van der Waals surface area contributed by atoms with Crippen molar-refractivity contribution in [1.29, 1.82) is 0 Å². The van der Waals surface area contributed by atoms with Gasteiger partial charge in [-0.05, 0) is 18.1 Å². The first-order valence-electron chi connectivity index (χ1n) is 6.16. The van der Waals surface area contributed by atoms with E-state index >= 15 is 0 Å². The lowest BCUT2D eigenvalue weighted by Gasteiger charge is -2.16. The number of halogens is 2.